The normalized spacial score (nSPS) is 36.2. The van der Waals surface area contributed by atoms with Gasteiger partial charge < -0.3 is 20.1 Å². The van der Waals surface area contributed by atoms with E-state index in [9.17, 15) is 23.1 Å². The number of nitrogens with one attached hydrogen (secondary N) is 1. The predicted molar refractivity (Wildman–Crippen MR) is 107 cm³/mol. The lowest BCUT2D eigenvalue weighted by Gasteiger charge is -2.39. The van der Waals surface area contributed by atoms with Crippen LogP contribution >= 0.6 is 0 Å². The number of rotatable bonds is 2. The van der Waals surface area contributed by atoms with E-state index in [1.54, 1.807) is 11.8 Å². The molecule has 2 unspecified atom stereocenters. The minimum atomic E-state index is -4.41. The summed E-state index contributed by atoms with van der Waals surface area (Å²) < 4.78 is 44.9. The summed E-state index contributed by atoms with van der Waals surface area (Å²) in [6.45, 7) is 3.35. The molecule has 3 heterocycles. The number of aliphatic hydroxyl groups is 1. The number of ether oxygens (including phenoxy) is 1. The Balaban J connectivity index is 1.39. The molecule has 0 aromatic heterocycles. The summed E-state index contributed by atoms with van der Waals surface area (Å²) >= 11 is 0. The summed E-state index contributed by atoms with van der Waals surface area (Å²) in [4.78, 5) is 15.2. The van der Waals surface area contributed by atoms with E-state index in [4.69, 9.17) is 4.74 Å². The summed E-state index contributed by atoms with van der Waals surface area (Å²) in [6, 6.07) is 3.86. The Kier molecular flexibility index (Phi) is 4.92. The maximum atomic E-state index is 13.6. The Bertz CT molecular complexity index is 881. The van der Waals surface area contributed by atoms with Gasteiger partial charge in [-0.25, -0.2) is 0 Å². The highest BCUT2D eigenvalue weighted by molar-refractivity contribution is 5.88. The zero-order chi connectivity index (χ0) is 22.0. The Morgan fingerprint density at radius 1 is 1.16 bits per heavy atom. The fraction of sp³-hybridized carbons (Fsp3) is 0.696. The van der Waals surface area contributed by atoms with Gasteiger partial charge in [-0.05, 0) is 68.7 Å². The van der Waals surface area contributed by atoms with Crippen LogP contribution in [-0.4, -0.2) is 52.9 Å². The first-order valence-corrected chi connectivity index (χ1v) is 11.2. The number of fused-ring (bicyclic) bond motifs is 2. The monoisotopic (exact) mass is 438 g/mol. The van der Waals surface area contributed by atoms with Crippen LogP contribution in [0.2, 0.25) is 0 Å². The van der Waals surface area contributed by atoms with E-state index in [-0.39, 0.29) is 18.5 Å². The second kappa shape index (κ2) is 7.18. The van der Waals surface area contributed by atoms with Gasteiger partial charge in [0.2, 0.25) is 5.91 Å². The zero-order valence-corrected chi connectivity index (χ0v) is 17.7. The van der Waals surface area contributed by atoms with Crippen LogP contribution in [0, 0.1) is 5.41 Å². The second-order valence-corrected chi connectivity index (χ2v) is 9.86. The smallest absolute Gasteiger partial charge is 0.387 e. The molecule has 3 aliphatic heterocycles. The van der Waals surface area contributed by atoms with Crippen LogP contribution in [0.3, 0.4) is 0 Å². The quantitative estimate of drug-likeness (QED) is 0.745. The molecule has 170 valence electrons. The molecule has 5 rings (SSSR count). The van der Waals surface area contributed by atoms with Crippen molar-refractivity contribution >= 4 is 5.91 Å². The third-order valence-electron chi connectivity index (χ3n) is 8.16. The van der Waals surface area contributed by atoms with Gasteiger partial charge >= 0.3 is 6.18 Å². The molecule has 1 saturated carbocycles. The van der Waals surface area contributed by atoms with Gasteiger partial charge in [0.1, 0.15) is 0 Å². The molecule has 0 radical (unpaired) electrons. The first-order chi connectivity index (χ1) is 14.6. The van der Waals surface area contributed by atoms with Crippen molar-refractivity contribution in [1.82, 2.24) is 10.2 Å². The van der Waals surface area contributed by atoms with Crippen molar-refractivity contribution in [3.63, 3.8) is 0 Å². The number of hydrogen-bond acceptors (Lipinski definition) is 4. The van der Waals surface area contributed by atoms with Crippen molar-refractivity contribution in [3.05, 3.63) is 34.9 Å². The van der Waals surface area contributed by atoms with E-state index in [1.165, 1.54) is 6.07 Å². The SMILES string of the molecule is CC1(O)C2Cc3ccc(C(F)(F)F)cc3CN2C(=O)[C@]12CC[C@@H](NC1CCOCC1)C2. The van der Waals surface area contributed by atoms with E-state index < -0.39 is 28.8 Å². The molecule has 5 nitrogen and oxygen atoms in total. The number of hydrogen-bond donors (Lipinski definition) is 2. The largest absolute Gasteiger partial charge is 0.416 e. The summed E-state index contributed by atoms with van der Waals surface area (Å²) in [7, 11) is 0. The van der Waals surface area contributed by atoms with Crippen LogP contribution in [0.15, 0.2) is 18.2 Å². The highest BCUT2D eigenvalue weighted by Gasteiger charge is 2.68. The topological polar surface area (TPSA) is 61.8 Å². The summed E-state index contributed by atoms with van der Waals surface area (Å²) in [6.07, 6.45) is -0.178. The van der Waals surface area contributed by atoms with Crippen LogP contribution in [0.5, 0.6) is 0 Å². The van der Waals surface area contributed by atoms with Crippen LogP contribution in [0.1, 0.15) is 55.7 Å². The first-order valence-electron chi connectivity index (χ1n) is 11.2. The lowest BCUT2D eigenvalue weighted by molar-refractivity contribution is -0.141. The van der Waals surface area contributed by atoms with Gasteiger partial charge in [0.25, 0.3) is 0 Å². The van der Waals surface area contributed by atoms with Gasteiger partial charge in [0.05, 0.1) is 22.6 Å². The molecule has 1 spiro atoms. The lowest BCUT2D eigenvalue weighted by atomic mass is 9.69. The van der Waals surface area contributed by atoms with Crippen LogP contribution in [-0.2, 0) is 28.7 Å². The van der Waals surface area contributed by atoms with Crippen molar-refractivity contribution in [2.45, 2.75) is 81.9 Å². The lowest BCUT2D eigenvalue weighted by Crippen LogP contribution is -2.52. The van der Waals surface area contributed by atoms with E-state index >= 15 is 0 Å². The maximum absolute atomic E-state index is 13.6. The molecule has 1 amide bonds. The highest BCUT2D eigenvalue weighted by Crippen LogP contribution is 2.56. The molecule has 31 heavy (non-hydrogen) atoms. The van der Waals surface area contributed by atoms with Crippen molar-refractivity contribution in [1.29, 1.82) is 0 Å². The van der Waals surface area contributed by atoms with E-state index in [0.29, 0.717) is 30.9 Å². The molecule has 1 aliphatic carbocycles. The van der Waals surface area contributed by atoms with Gasteiger partial charge in [0.15, 0.2) is 0 Å². The third-order valence-corrected chi connectivity index (χ3v) is 8.16. The summed E-state index contributed by atoms with van der Waals surface area (Å²) in [5.74, 6) is -0.109. The first kappa shape index (κ1) is 21.2. The number of nitrogens with zero attached hydrogens (tertiary/aromatic N) is 1. The van der Waals surface area contributed by atoms with Gasteiger partial charge in [-0.1, -0.05) is 6.07 Å². The minimum absolute atomic E-state index is 0.109. The Labute approximate surface area is 179 Å². The van der Waals surface area contributed by atoms with Crippen LogP contribution < -0.4 is 5.32 Å². The van der Waals surface area contributed by atoms with Gasteiger partial charge in [0, 0.05) is 31.8 Å². The molecule has 8 heteroatoms. The number of amides is 1. The standard InChI is InChI=1S/C23H29F3N2O3/c1-21(30)19-11-14-2-3-16(23(24,25)26)10-15(14)13-28(19)20(29)22(21)7-4-18(12-22)27-17-5-8-31-9-6-17/h2-3,10,17-19,27,30H,4-9,11-13H2,1H3/t18-,19?,21?,22-/m1/s1. The predicted octanol–water partition coefficient (Wildman–Crippen LogP) is 3.03. The average molecular weight is 438 g/mol. The number of carbonyl (C=O) groups is 1. The fourth-order valence-electron chi connectivity index (χ4n) is 6.33. The second-order valence-electron chi connectivity index (χ2n) is 9.86. The van der Waals surface area contributed by atoms with Crippen LogP contribution in [0.25, 0.3) is 0 Å². The molecule has 0 bridgehead atoms. The highest BCUT2D eigenvalue weighted by atomic mass is 19.4. The van der Waals surface area contributed by atoms with E-state index in [0.717, 1.165) is 50.2 Å². The number of halogens is 3. The summed E-state index contributed by atoms with van der Waals surface area (Å²) in [5.41, 5.74) is -1.48. The van der Waals surface area contributed by atoms with Gasteiger partial charge in [-0.3, -0.25) is 4.79 Å². The third kappa shape index (κ3) is 3.29. The van der Waals surface area contributed by atoms with E-state index in [1.807, 2.05) is 0 Å². The fourth-order valence-corrected chi connectivity index (χ4v) is 6.33. The molecule has 2 saturated heterocycles. The number of benzene rings is 1. The number of carbonyl (C=O) groups excluding carboxylic acids is 1. The maximum Gasteiger partial charge on any atom is 0.416 e. The minimum Gasteiger partial charge on any atom is -0.387 e. The Morgan fingerprint density at radius 2 is 1.90 bits per heavy atom. The van der Waals surface area contributed by atoms with Gasteiger partial charge in [-0.2, -0.15) is 13.2 Å². The van der Waals surface area contributed by atoms with Crippen molar-refractivity contribution in [3.8, 4) is 0 Å². The molecule has 4 atom stereocenters. The molecular weight excluding hydrogens is 409 g/mol. The number of alkyl halides is 3. The Morgan fingerprint density at radius 3 is 2.61 bits per heavy atom. The molecular formula is C23H29F3N2O3. The zero-order valence-electron chi connectivity index (χ0n) is 17.7. The van der Waals surface area contributed by atoms with E-state index in [2.05, 4.69) is 5.32 Å². The van der Waals surface area contributed by atoms with Crippen molar-refractivity contribution in [2.24, 2.45) is 5.41 Å². The van der Waals surface area contributed by atoms with Crippen molar-refractivity contribution < 1.29 is 27.8 Å². The van der Waals surface area contributed by atoms with Gasteiger partial charge in [-0.15, -0.1) is 0 Å². The molecule has 2 N–H and O–H groups in total. The average Bonchev–Trinajstić information content (AvgIpc) is 3.22. The molecule has 3 fully saturated rings. The van der Waals surface area contributed by atoms with Crippen molar-refractivity contribution in [2.75, 3.05) is 13.2 Å². The summed E-state index contributed by atoms with van der Waals surface area (Å²) in [5, 5.41) is 15.3. The molecule has 1 aromatic carbocycles. The molecule has 1 aromatic rings. The van der Waals surface area contributed by atoms with Crippen LogP contribution in [0.4, 0.5) is 13.2 Å². The molecule has 4 aliphatic rings. The Hall–Kier alpha value is -1.64.